The molecule has 2 fully saturated rings. The highest BCUT2D eigenvalue weighted by Gasteiger charge is 2.40. The molecule has 2 atom stereocenters. The van der Waals surface area contributed by atoms with Crippen LogP contribution in [0.15, 0.2) is 10.5 Å². The molecule has 1 aromatic rings. The summed E-state index contributed by atoms with van der Waals surface area (Å²) in [7, 11) is 0. The number of furan rings is 1. The number of carbonyl (C=O) groups excluding carboxylic acids is 2. The van der Waals surface area contributed by atoms with Gasteiger partial charge in [0.2, 0.25) is 5.91 Å². The molecular weight excluding hydrogens is 256 g/mol. The molecule has 0 radical (unpaired) electrons. The largest absolute Gasteiger partial charge is 0.456 e. The molecule has 20 heavy (non-hydrogen) atoms. The SMILES string of the molecule is Cc1cc(C)c(C(=O)N2CC(=O)N[C@@H]3CCCC[C@H]32)o1. The fraction of sp³-hybridized carbons (Fsp3) is 0.600. The van der Waals surface area contributed by atoms with Crippen molar-refractivity contribution in [3.05, 3.63) is 23.2 Å². The predicted octanol–water partition coefficient (Wildman–Crippen LogP) is 1.78. The second kappa shape index (κ2) is 4.96. The van der Waals surface area contributed by atoms with Crippen LogP contribution in [0.4, 0.5) is 0 Å². The van der Waals surface area contributed by atoms with Gasteiger partial charge in [0, 0.05) is 11.6 Å². The zero-order chi connectivity index (χ0) is 14.3. The summed E-state index contributed by atoms with van der Waals surface area (Å²) in [4.78, 5) is 26.2. The van der Waals surface area contributed by atoms with E-state index in [1.54, 1.807) is 4.90 Å². The molecule has 0 spiro atoms. The summed E-state index contributed by atoms with van der Waals surface area (Å²) in [6, 6.07) is 2.07. The average molecular weight is 276 g/mol. The van der Waals surface area contributed by atoms with Gasteiger partial charge in [-0.25, -0.2) is 0 Å². The van der Waals surface area contributed by atoms with Crippen LogP contribution in [-0.4, -0.2) is 35.3 Å². The van der Waals surface area contributed by atoms with Crippen LogP contribution >= 0.6 is 0 Å². The van der Waals surface area contributed by atoms with Crippen LogP contribution in [-0.2, 0) is 4.79 Å². The molecule has 2 heterocycles. The number of amides is 2. The van der Waals surface area contributed by atoms with E-state index in [4.69, 9.17) is 4.42 Å². The number of rotatable bonds is 1. The van der Waals surface area contributed by atoms with E-state index >= 15 is 0 Å². The fourth-order valence-corrected chi connectivity index (χ4v) is 3.38. The molecule has 108 valence electrons. The van der Waals surface area contributed by atoms with Gasteiger partial charge in [0.05, 0.1) is 6.04 Å². The molecule has 0 bridgehead atoms. The lowest BCUT2D eigenvalue weighted by molar-refractivity contribution is -0.127. The number of piperazine rings is 1. The van der Waals surface area contributed by atoms with E-state index in [1.807, 2.05) is 19.9 Å². The van der Waals surface area contributed by atoms with Gasteiger partial charge in [-0.2, -0.15) is 0 Å². The number of hydrogen-bond donors (Lipinski definition) is 1. The molecule has 1 saturated heterocycles. The van der Waals surface area contributed by atoms with Crippen LogP contribution in [0.1, 0.15) is 47.6 Å². The number of nitrogens with one attached hydrogen (secondary N) is 1. The lowest BCUT2D eigenvalue weighted by Crippen LogP contribution is -2.62. The van der Waals surface area contributed by atoms with Crippen molar-refractivity contribution in [1.29, 1.82) is 0 Å². The lowest BCUT2D eigenvalue weighted by atomic mass is 9.87. The third-order valence-electron chi connectivity index (χ3n) is 4.29. The van der Waals surface area contributed by atoms with Crippen molar-refractivity contribution in [1.82, 2.24) is 10.2 Å². The van der Waals surface area contributed by atoms with Gasteiger partial charge in [-0.3, -0.25) is 9.59 Å². The summed E-state index contributed by atoms with van der Waals surface area (Å²) in [5.41, 5.74) is 0.839. The second-order valence-electron chi connectivity index (χ2n) is 5.83. The molecule has 0 unspecified atom stereocenters. The van der Waals surface area contributed by atoms with E-state index in [1.165, 1.54) is 0 Å². The van der Waals surface area contributed by atoms with Gasteiger partial charge in [-0.1, -0.05) is 12.8 Å². The van der Waals surface area contributed by atoms with Crippen LogP contribution in [0.5, 0.6) is 0 Å². The molecular formula is C15H20N2O3. The van der Waals surface area contributed by atoms with Gasteiger partial charge in [0.1, 0.15) is 12.3 Å². The smallest absolute Gasteiger partial charge is 0.290 e. The van der Waals surface area contributed by atoms with E-state index in [0.717, 1.165) is 37.0 Å². The first-order valence-electron chi connectivity index (χ1n) is 7.23. The Morgan fingerprint density at radius 2 is 2.10 bits per heavy atom. The van der Waals surface area contributed by atoms with Gasteiger partial charge < -0.3 is 14.6 Å². The zero-order valence-electron chi connectivity index (χ0n) is 11.9. The predicted molar refractivity (Wildman–Crippen MR) is 73.4 cm³/mol. The summed E-state index contributed by atoms with van der Waals surface area (Å²) in [5.74, 6) is 0.888. The Labute approximate surface area is 118 Å². The summed E-state index contributed by atoms with van der Waals surface area (Å²) in [6.07, 6.45) is 4.13. The zero-order valence-corrected chi connectivity index (χ0v) is 11.9. The standard InChI is InChI=1S/C15H20N2O3/c1-9-7-10(2)20-14(9)15(19)17-8-13(18)16-11-5-3-4-6-12(11)17/h7,11-12H,3-6,8H2,1-2H3,(H,16,18)/t11-,12-/m1/s1. The molecule has 5 nitrogen and oxygen atoms in total. The van der Waals surface area contributed by atoms with E-state index in [0.29, 0.717) is 5.76 Å². The monoisotopic (exact) mass is 276 g/mol. The third-order valence-corrected chi connectivity index (χ3v) is 4.29. The van der Waals surface area contributed by atoms with Gasteiger partial charge in [-0.15, -0.1) is 0 Å². The van der Waals surface area contributed by atoms with Crippen LogP contribution in [0.25, 0.3) is 0 Å². The number of nitrogens with zero attached hydrogens (tertiary/aromatic N) is 1. The van der Waals surface area contributed by atoms with Crippen molar-refractivity contribution in [2.45, 2.75) is 51.6 Å². The summed E-state index contributed by atoms with van der Waals surface area (Å²) in [6.45, 7) is 3.83. The van der Waals surface area contributed by atoms with Crippen molar-refractivity contribution in [2.75, 3.05) is 6.54 Å². The van der Waals surface area contributed by atoms with E-state index in [9.17, 15) is 9.59 Å². The van der Waals surface area contributed by atoms with Crippen molar-refractivity contribution >= 4 is 11.8 Å². The topological polar surface area (TPSA) is 62.6 Å². The van der Waals surface area contributed by atoms with Gasteiger partial charge >= 0.3 is 0 Å². The number of aryl methyl sites for hydroxylation is 2. The normalized spacial score (nSPS) is 26.1. The van der Waals surface area contributed by atoms with E-state index in [-0.39, 0.29) is 30.4 Å². The van der Waals surface area contributed by atoms with Crippen LogP contribution in [0.2, 0.25) is 0 Å². The molecule has 3 rings (SSSR count). The van der Waals surface area contributed by atoms with Crippen molar-refractivity contribution < 1.29 is 14.0 Å². The maximum absolute atomic E-state index is 12.7. The molecule has 5 heteroatoms. The lowest BCUT2D eigenvalue weighted by Gasteiger charge is -2.43. The third kappa shape index (κ3) is 2.21. The van der Waals surface area contributed by atoms with E-state index < -0.39 is 0 Å². The highest BCUT2D eigenvalue weighted by Crippen LogP contribution is 2.28. The minimum absolute atomic E-state index is 0.0672. The van der Waals surface area contributed by atoms with Gasteiger partial charge in [0.15, 0.2) is 5.76 Å². The molecule has 1 aliphatic heterocycles. The molecule has 1 aromatic heterocycles. The van der Waals surface area contributed by atoms with Crippen molar-refractivity contribution in [3.8, 4) is 0 Å². The van der Waals surface area contributed by atoms with Gasteiger partial charge in [-0.05, 0) is 32.8 Å². The van der Waals surface area contributed by atoms with Crippen molar-refractivity contribution in [2.24, 2.45) is 0 Å². The van der Waals surface area contributed by atoms with Crippen LogP contribution < -0.4 is 5.32 Å². The Morgan fingerprint density at radius 3 is 2.80 bits per heavy atom. The Bertz CT molecular complexity index is 549. The highest BCUT2D eigenvalue weighted by atomic mass is 16.4. The molecule has 2 aliphatic rings. The Morgan fingerprint density at radius 1 is 1.35 bits per heavy atom. The Balaban J connectivity index is 1.88. The molecule has 1 saturated carbocycles. The fourth-order valence-electron chi connectivity index (χ4n) is 3.38. The maximum Gasteiger partial charge on any atom is 0.290 e. The molecule has 0 aromatic carbocycles. The van der Waals surface area contributed by atoms with E-state index in [2.05, 4.69) is 5.32 Å². The minimum Gasteiger partial charge on any atom is -0.456 e. The first-order chi connectivity index (χ1) is 9.56. The quantitative estimate of drug-likeness (QED) is 0.850. The van der Waals surface area contributed by atoms with Crippen LogP contribution in [0, 0.1) is 13.8 Å². The maximum atomic E-state index is 12.7. The Kier molecular flexibility index (Phi) is 3.28. The number of fused-ring (bicyclic) bond motifs is 1. The highest BCUT2D eigenvalue weighted by molar-refractivity contribution is 5.96. The molecule has 1 aliphatic carbocycles. The summed E-state index contributed by atoms with van der Waals surface area (Å²) in [5, 5.41) is 3.01. The average Bonchev–Trinajstić information content (AvgIpc) is 2.76. The molecule has 1 N–H and O–H groups in total. The van der Waals surface area contributed by atoms with Crippen molar-refractivity contribution in [3.63, 3.8) is 0 Å². The minimum atomic E-state index is -0.151. The first kappa shape index (κ1) is 13.2. The number of hydrogen-bond acceptors (Lipinski definition) is 3. The number of carbonyl (C=O) groups is 2. The summed E-state index contributed by atoms with van der Waals surface area (Å²) >= 11 is 0. The molecule has 2 amide bonds. The first-order valence-corrected chi connectivity index (χ1v) is 7.23. The Hall–Kier alpha value is -1.78. The van der Waals surface area contributed by atoms with Crippen LogP contribution in [0.3, 0.4) is 0 Å². The van der Waals surface area contributed by atoms with Gasteiger partial charge in [0.25, 0.3) is 5.91 Å². The second-order valence-corrected chi connectivity index (χ2v) is 5.83. The summed E-state index contributed by atoms with van der Waals surface area (Å²) < 4.78 is 5.52.